The van der Waals surface area contributed by atoms with Crippen molar-refractivity contribution in [1.29, 1.82) is 0 Å². The number of carbonyl (C=O) groups excluding carboxylic acids is 1. The molecule has 1 heterocycles. The Kier molecular flexibility index (Phi) is 2.89. The van der Waals surface area contributed by atoms with E-state index < -0.39 is 11.6 Å². The fraction of sp³-hybridized carbons (Fsp3) is 0.133. The number of nitrogen functional groups attached to an aromatic ring is 1. The number of halogens is 2. The quantitative estimate of drug-likeness (QED) is 0.856. The maximum Gasteiger partial charge on any atom is 0.231 e. The number of benzene rings is 2. The van der Waals surface area contributed by atoms with E-state index in [2.05, 4.69) is 0 Å². The molecular formula is C15H12F2N2O. The van der Waals surface area contributed by atoms with E-state index in [0.717, 1.165) is 17.3 Å². The van der Waals surface area contributed by atoms with E-state index in [1.54, 1.807) is 18.2 Å². The number of rotatable bonds is 2. The molecule has 0 aromatic heterocycles. The third kappa shape index (κ3) is 2.11. The van der Waals surface area contributed by atoms with Crippen molar-refractivity contribution >= 4 is 17.3 Å². The van der Waals surface area contributed by atoms with Gasteiger partial charge in [-0.2, -0.15) is 0 Å². The molecule has 2 aromatic rings. The van der Waals surface area contributed by atoms with E-state index in [9.17, 15) is 13.6 Å². The lowest BCUT2D eigenvalue weighted by Gasteiger charge is -2.18. The molecule has 5 heteroatoms. The van der Waals surface area contributed by atoms with Crippen LogP contribution >= 0.6 is 0 Å². The first-order chi connectivity index (χ1) is 9.54. The predicted octanol–water partition coefficient (Wildman–Crippen LogP) is 2.64. The molecule has 102 valence electrons. The van der Waals surface area contributed by atoms with Gasteiger partial charge in [0.15, 0.2) is 0 Å². The molecule has 0 radical (unpaired) electrons. The Labute approximate surface area is 114 Å². The number of carbonyl (C=O) groups is 1. The van der Waals surface area contributed by atoms with Crippen LogP contribution in [-0.2, 0) is 17.8 Å². The van der Waals surface area contributed by atoms with Crippen LogP contribution in [-0.4, -0.2) is 5.91 Å². The van der Waals surface area contributed by atoms with Crippen molar-refractivity contribution in [3.8, 4) is 0 Å². The van der Waals surface area contributed by atoms with Gasteiger partial charge in [0.25, 0.3) is 0 Å². The maximum absolute atomic E-state index is 13.7. The van der Waals surface area contributed by atoms with Gasteiger partial charge in [-0.1, -0.05) is 6.07 Å². The smallest absolute Gasteiger partial charge is 0.231 e. The zero-order chi connectivity index (χ0) is 14.3. The molecule has 0 bridgehead atoms. The molecule has 2 N–H and O–H groups in total. The number of nitrogens with two attached hydrogens (primary N) is 1. The first-order valence-corrected chi connectivity index (χ1v) is 6.17. The van der Waals surface area contributed by atoms with Crippen LogP contribution in [0.4, 0.5) is 20.2 Å². The van der Waals surface area contributed by atoms with Crippen LogP contribution in [0, 0.1) is 11.6 Å². The number of amides is 1. The van der Waals surface area contributed by atoms with E-state index in [1.807, 2.05) is 0 Å². The molecule has 2 aromatic carbocycles. The molecule has 20 heavy (non-hydrogen) atoms. The van der Waals surface area contributed by atoms with Crippen molar-refractivity contribution in [2.45, 2.75) is 13.0 Å². The van der Waals surface area contributed by atoms with Gasteiger partial charge in [0.1, 0.15) is 11.6 Å². The molecule has 0 spiro atoms. The summed E-state index contributed by atoms with van der Waals surface area (Å²) in [6.07, 6.45) is 0.253. The van der Waals surface area contributed by atoms with Crippen molar-refractivity contribution in [1.82, 2.24) is 0 Å². The topological polar surface area (TPSA) is 46.3 Å². The van der Waals surface area contributed by atoms with Gasteiger partial charge in [0.2, 0.25) is 5.91 Å². The zero-order valence-corrected chi connectivity index (χ0v) is 10.6. The second-order valence-corrected chi connectivity index (χ2v) is 4.78. The molecule has 0 atom stereocenters. The lowest BCUT2D eigenvalue weighted by Crippen LogP contribution is -2.26. The van der Waals surface area contributed by atoms with E-state index in [0.29, 0.717) is 5.69 Å². The van der Waals surface area contributed by atoms with Gasteiger partial charge >= 0.3 is 0 Å². The first-order valence-electron chi connectivity index (χ1n) is 6.17. The summed E-state index contributed by atoms with van der Waals surface area (Å²) in [6.45, 7) is 0.0852. The van der Waals surface area contributed by atoms with E-state index >= 15 is 0 Å². The monoisotopic (exact) mass is 274 g/mol. The summed E-state index contributed by atoms with van der Waals surface area (Å²) in [4.78, 5) is 13.5. The van der Waals surface area contributed by atoms with Crippen LogP contribution in [0.25, 0.3) is 0 Å². The highest BCUT2D eigenvalue weighted by atomic mass is 19.1. The fourth-order valence-electron chi connectivity index (χ4n) is 2.40. The highest BCUT2D eigenvalue weighted by Gasteiger charge is 2.27. The van der Waals surface area contributed by atoms with Crippen molar-refractivity contribution in [3.05, 3.63) is 59.2 Å². The SMILES string of the molecule is Nc1ccc2c(c1)CC(=O)N2Cc1ccc(F)cc1F. The molecule has 0 fully saturated rings. The second-order valence-electron chi connectivity index (χ2n) is 4.78. The number of anilines is 2. The van der Waals surface area contributed by atoms with Crippen molar-refractivity contribution in [3.63, 3.8) is 0 Å². The summed E-state index contributed by atoms with van der Waals surface area (Å²) in [5, 5.41) is 0. The minimum Gasteiger partial charge on any atom is -0.399 e. The van der Waals surface area contributed by atoms with E-state index in [-0.39, 0.29) is 24.4 Å². The minimum atomic E-state index is -0.651. The summed E-state index contributed by atoms with van der Waals surface area (Å²) >= 11 is 0. The van der Waals surface area contributed by atoms with Crippen LogP contribution in [0.2, 0.25) is 0 Å². The van der Waals surface area contributed by atoms with Crippen LogP contribution in [0.3, 0.4) is 0 Å². The summed E-state index contributed by atoms with van der Waals surface area (Å²) < 4.78 is 26.6. The van der Waals surface area contributed by atoms with Gasteiger partial charge in [-0.15, -0.1) is 0 Å². The van der Waals surface area contributed by atoms with Crippen molar-refractivity contribution < 1.29 is 13.6 Å². The van der Waals surface area contributed by atoms with Gasteiger partial charge < -0.3 is 10.6 Å². The molecule has 3 nitrogen and oxygen atoms in total. The van der Waals surface area contributed by atoms with Crippen LogP contribution < -0.4 is 10.6 Å². The molecule has 0 saturated heterocycles. The predicted molar refractivity (Wildman–Crippen MR) is 72.1 cm³/mol. The molecule has 3 rings (SSSR count). The minimum absolute atomic E-state index is 0.0852. The number of nitrogens with zero attached hydrogens (tertiary/aromatic N) is 1. The number of hydrogen-bond acceptors (Lipinski definition) is 2. The third-order valence-corrected chi connectivity index (χ3v) is 3.38. The zero-order valence-electron chi connectivity index (χ0n) is 10.6. The summed E-state index contributed by atoms with van der Waals surface area (Å²) in [6, 6.07) is 8.55. The van der Waals surface area contributed by atoms with Crippen LogP contribution in [0.5, 0.6) is 0 Å². The third-order valence-electron chi connectivity index (χ3n) is 3.38. The summed E-state index contributed by atoms with van der Waals surface area (Å²) in [5.41, 5.74) is 8.12. The lowest BCUT2D eigenvalue weighted by molar-refractivity contribution is -0.117. The van der Waals surface area contributed by atoms with Gasteiger partial charge in [-0.25, -0.2) is 8.78 Å². The van der Waals surface area contributed by atoms with Gasteiger partial charge in [0.05, 0.1) is 13.0 Å². The molecule has 0 unspecified atom stereocenters. The van der Waals surface area contributed by atoms with Gasteiger partial charge in [-0.05, 0) is 29.8 Å². The second kappa shape index (κ2) is 4.59. The Morgan fingerprint density at radius 1 is 1.15 bits per heavy atom. The average Bonchev–Trinajstić information content (AvgIpc) is 2.68. The highest BCUT2D eigenvalue weighted by molar-refractivity contribution is 6.01. The fourth-order valence-corrected chi connectivity index (χ4v) is 2.40. The largest absolute Gasteiger partial charge is 0.399 e. The Morgan fingerprint density at radius 3 is 2.70 bits per heavy atom. The molecular weight excluding hydrogens is 262 g/mol. The van der Waals surface area contributed by atoms with Gasteiger partial charge in [-0.3, -0.25) is 4.79 Å². The molecule has 0 aliphatic carbocycles. The molecule has 1 aliphatic rings. The molecule has 1 amide bonds. The van der Waals surface area contributed by atoms with Crippen LogP contribution in [0.1, 0.15) is 11.1 Å². The van der Waals surface area contributed by atoms with E-state index in [1.165, 1.54) is 17.0 Å². The summed E-state index contributed by atoms with van der Waals surface area (Å²) in [5.74, 6) is -1.40. The average molecular weight is 274 g/mol. The number of hydrogen-bond donors (Lipinski definition) is 1. The Balaban J connectivity index is 1.94. The Hall–Kier alpha value is -2.43. The number of fused-ring (bicyclic) bond motifs is 1. The Morgan fingerprint density at radius 2 is 1.95 bits per heavy atom. The van der Waals surface area contributed by atoms with Crippen molar-refractivity contribution in [2.24, 2.45) is 0 Å². The highest BCUT2D eigenvalue weighted by Crippen LogP contribution is 2.32. The standard InChI is InChI=1S/C15H12F2N2O/c16-11-2-1-9(13(17)7-11)8-19-14-4-3-12(18)5-10(14)6-15(19)20/h1-5,7H,6,8,18H2. The van der Waals surface area contributed by atoms with Crippen LogP contribution in [0.15, 0.2) is 36.4 Å². The molecule has 1 aliphatic heterocycles. The summed E-state index contributed by atoms with van der Waals surface area (Å²) in [7, 11) is 0. The Bertz CT molecular complexity index is 700. The molecule has 0 saturated carbocycles. The van der Waals surface area contributed by atoms with Gasteiger partial charge in [0, 0.05) is 23.0 Å². The first kappa shape index (κ1) is 12.6. The normalized spacial score (nSPS) is 13.7. The van der Waals surface area contributed by atoms with Crippen molar-refractivity contribution in [2.75, 3.05) is 10.6 Å². The maximum atomic E-state index is 13.7. The van der Waals surface area contributed by atoms with E-state index in [4.69, 9.17) is 5.73 Å². The lowest BCUT2D eigenvalue weighted by atomic mass is 10.1.